The lowest BCUT2D eigenvalue weighted by molar-refractivity contribution is 0.0952. The van der Waals surface area contributed by atoms with Crippen LogP contribution in [0.15, 0.2) is 36.8 Å². The fourth-order valence-electron chi connectivity index (χ4n) is 2.63. The van der Waals surface area contributed by atoms with Gasteiger partial charge in [0.15, 0.2) is 5.65 Å². The first kappa shape index (κ1) is 17.8. The van der Waals surface area contributed by atoms with Gasteiger partial charge in [-0.25, -0.2) is 14.6 Å². The van der Waals surface area contributed by atoms with Crippen molar-refractivity contribution in [2.45, 2.75) is 13.5 Å². The number of anilines is 1. The summed E-state index contributed by atoms with van der Waals surface area (Å²) < 4.78 is 6.79. The van der Waals surface area contributed by atoms with Crippen molar-refractivity contribution < 1.29 is 9.53 Å². The number of fused-ring (bicyclic) bond motifs is 1. The summed E-state index contributed by atoms with van der Waals surface area (Å²) in [6.07, 6.45) is 3.23. The number of methoxy groups -OCH3 is 1. The van der Waals surface area contributed by atoms with Gasteiger partial charge in [-0.15, -0.1) is 0 Å². The molecule has 0 radical (unpaired) electrons. The van der Waals surface area contributed by atoms with Gasteiger partial charge in [-0.1, -0.05) is 17.7 Å². The van der Waals surface area contributed by atoms with Crippen LogP contribution < -0.4 is 10.6 Å². The van der Waals surface area contributed by atoms with E-state index in [9.17, 15) is 4.79 Å². The average Bonchev–Trinajstić information content (AvgIpc) is 3.06. The molecular formula is C18H22N6O2. The molecule has 0 atom stereocenters. The summed E-state index contributed by atoms with van der Waals surface area (Å²) in [4.78, 5) is 20.8. The first-order chi connectivity index (χ1) is 12.7. The lowest BCUT2D eigenvalue weighted by Crippen LogP contribution is -2.27. The van der Waals surface area contributed by atoms with Gasteiger partial charge in [-0.2, -0.15) is 5.10 Å². The topological polar surface area (TPSA) is 94.0 Å². The van der Waals surface area contributed by atoms with Crippen molar-refractivity contribution in [3.63, 3.8) is 0 Å². The van der Waals surface area contributed by atoms with E-state index < -0.39 is 0 Å². The van der Waals surface area contributed by atoms with Crippen molar-refractivity contribution >= 4 is 22.8 Å². The molecule has 136 valence electrons. The summed E-state index contributed by atoms with van der Waals surface area (Å²) >= 11 is 0. The van der Waals surface area contributed by atoms with Crippen molar-refractivity contribution in [3.8, 4) is 0 Å². The molecule has 26 heavy (non-hydrogen) atoms. The van der Waals surface area contributed by atoms with Gasteiger partial charge < -0.3 is 15.4 Å². The van der Waals surface area contributed by atoms with E-state index in [0.29, 0.717) is 31.8 Å². The van der Waals surface area contributed by atoms with Crippen molar-refractivity contribution in [2.75, 3.05) is 32.1 Å². The van der Waals surface area contributed by atoms with Crippen LogP contribution in [0, 0.1) is 6.92 Å². The molecule has 0 aliphatic heterocycles. The lowest BCUT2D eigenvalue weighted by Gasteiger charge is -2.08. The summed E-state index contributed by atoms with van der Waals surface area (Å²) in [6.45, 7) is 4.19. The van der Waals surface area contributed by atoms with Crippen LogP contribution in [0.25, 0.3) is 11.0 Å². The minimum Gasteiger partial charge on any atom is -0.383 e. The highest BCUT2D eigenvalue weighted by Crippen LogP contribution is 2.18. The normalized spacial score (nSPS) is 10.8. The molecule has 0 saturated carbocycles. The van der Waals surface area contributed by atoms with Crippen LogP contribution in [0.1, 0.15) is 15.9 Å². The molecule has 8 nitrogen and oxygen atoms in total. The number of amides is 1. The summed E-state index contributed by atoms with van der Waals surface area (Å²) in [6, 6.07) is 7.51. The Labute approximate surface area is 151 Å². The van der Waals surface area contributed by atoms with Gasteiger partial charge in [-0.05, 0) is 19.1 Å². The molecule has 0 unspecified atom stereocenters. The predicted molar refractivity (Wildman–Crippen MR) is 99.2 cm³/mol. The zero-order chi connectivity index (χ0) is 18.4. The third-order valence-electron chi connectivity index (χ3n) is 3.92. The minimum atomic E-state index is -0.0956. The molecule has 0 aliphatic rings. The first-order valence-electron chi connectivity index (χ1n) is 8.43. The number of aryl methyl sites for hydroxylation is 1. The van der Waals surface area contributed by atoms with E-state index in [1.54, 1.807) is 24.1 Å². The highest BCUT2D eigenvalue weighted by Gasteiger charge is 2.10. The van der Waals surface area contributed by atoms with Crippen LogP contribution >= 0.6 is 0 Å². The zero-order valence-electron chi connectivity index (χ0n) is 14.9. The Bertz CT molecular complexity index is 892. The van der Waals surface area contributed by atoms with Crippen LogP contribution in [0.5, 0.6) is 0 Å². The molecule has 2 aromatic heterocycles. The molecule has 2 heterocycles. The molecule has 3 rings (SSSR count). The number of carbonyl (C=O) groups is 1. The summed E-state index contributed by atoms with van der Waals surface area (Å²) in [5.41, 5.74) is 2.44. The Morgan fingerprint density at radius 2 is 2.15 bits per heavy atom. The molecule has 1 aromatic carbocycles. The summed E-state index contributed by atoms with van der Waals surface area (Å²) in [5, 5.41) is 11.3. The van der Waals surface area contributed by atoms with Crippen molar-refractivity contribution in [1.82, 2.24) is 25.1 Å². The molecule has 0 bridgehead atoms. The Morgan fingerprint density at radius 1 is 1.27 bits per heavy atom. The molecular weight excluding hydrogens is 332 g/mol. The van der Waals surface area contributed by atoms with Crippen LogP contribution in [-0.2, 0) is 11.3 Å². The Kier molecular flexibility index (Phi) is 5.75. The smallest absolute Gasteiger partial charge is 0.251 e. The van der Waals surface area contributed by atoms with Crippen LogP contribution in [0.2, 0.25) is 0 Å². The molecule has 0 aliphatic carbocycles. The van der Waals surface area contributed by atoms with Crippen molar-refractivity contribution in [3.05, 3.63) is 47.9 Å². The maximum Gasteiger partial charge on any atom is 0.251 e. The Hall–Kier alpha value is -3.00. The van der Waals surface area contributed by atoms with Gasteiger partial charge in [-0.3, -0.25) is 4.79 Å². The number of ether oxygens (including phenoxy) is 1. The van der Waals surface area contributed by atoms with E-state index in [0.717, 1.165) is 22.4 Å². The van der Waals surface area contributed by atoms with Gasteiger partial charge in [0.25, 0.3) is 5.91 Å². The van der Waals surface area contributed by atoms with E-state index in [2.05, 4.69) is 25.7 Å². The number of hydrogen-bond acceptors (Lipinski definition) is 6. The van der Waals surface area contributed by atoms with Crippen molar-refractivity contribution in [2.24, 2.45) is 0 Å². The number of hydrogen-bond donors (Lipinski definition) is 2. The Morgan fingerprint density at radius 3 is 2.96 bits per heavy atom. The standard InChI is InChI=1S/C18H22N6O2/c1-13-4-3-5-14(10-13)18(25)20-6-8-24-17-15(11-23-24)16(21-12-22-17)19-7-9-26-2/h3-5,10-12H,6-9H2,1-2H3,(H,20,25)(H,19,21,22). The second-order valence-corrected chi connectivity index (χ2v) is 5.87. The number of nitrogens with one attached hydrogen (secondary N) is 2. The summed E-state index contributed by atoms with van der Waals surface area (Å²) in [5.74, 6) is 0.629. The number of rotatable bonds is 8. The molecule has 0 fully saturated rings. The second-order valence-electron chi connectivity index (χ2n) is 5.87. The van der Waals surface area contributed by atoms with Gasteiger partial charge >= 0.3 is 0 Å². The highest BCUT2D eigenvalue weighted by molar-refractivity contribution is 5.94. The SMILES string of the molecule is COCCNc1ncnc2c1cnn2CCNC(=O)c1cccc(C)c1. The molecule has 0 saturated heterocycles. The predicted octanol–water partition coefficient (Wildman–Crippen LogP) is 1.62. The van der Waals surface area contributed by atoms with E-state index in [1.807, 2.05) is 25.1 Å². The largest absolute Gasteiger partial charge is 0.383 e. The number of nitrogens with zero attached hydrogens (tertiary/aromatic N) is 4. The minimum absolute atomic E-state index is 0.0956. The van der Waals surface area contributed by atoms with E-state index >= 15 is 0 Å². The van der Waals surface area contributed by atoms with E-state index in [1.165, 1.54) is 6.33 Å². The third-order valence-corrected chi connectivity index (χ3v) is 3.92. The van der Waals surface area contributed by atoms with Gasteiger partial charge in [0.05, 0.1) is 24.7 Å². The highest BCUT2D eigenvalue weighted by atomic mass is 16.5. The number of aromatic nitrogens is 4. The molecule has 3 aromatic rings. The summed E-state index contributed by atoms with van der Waals surface area (Å²) in [7, 11) is 1.65. The average molecular weight is 354 g/mol. The molecule has 0 spiro atoms. The van der Waals surface area contributed by atoms with Gasteiger partial charge in [0.2, 0.25) is 0 Å². The van der Waals surface area contributed by atoms with E-state index in [-0.39, 0.29) is 5.91 Å². The van der Waals surface area contributed by atoms with Crippen molar-refractivity contribution in [1.29, 1.82) is 0 Å². The molecule has 8 heteroatoms. The maximum absolute atomic E-state index is 12.2. The third kappa shape index (κ3) is 4.15. The first-order valence-corrected chi connectivity index (χ1v) is 8.43. The van der Waals surface area contributed by atoms with E-state index in [4.69, 9.17) is 4.74 Å². The lowest BCUT2D eigenvalue weighted by atomic mass is 10.1. The fourth-order valence-corrected chi connectivity index (χ4v) is 2.63. The zero-order valence-corrected chi connectivity index (χ0v) is 14.9. The molecule has 2 N–H and O–H groups in total. The monoisotopic (exact) mass is 354 g/mol. The van der Waals surface area contributed by atoms with Gasteiger partial charge in [0, 0.05) is 25.8 Å². The Balaban J connectivity index is 1.62. The van der Waals surface area contributed by atoms with Crippen LogP contribution in [-0.4, -0.2) is 52.5 Å². The number of carbonyl (C=O) groups excluding carboxylic acids is 1. The fraction of sp³-hybridized carbons (Fsp3) is 0.333. The second kappa shape index (κ2) is 8.39. The van der Waals surface area contributed by atoms with Gasteiger partial charge in [0.1, 0.15) is 12.1 Å². The molecule has 1 amide bonds. The maximum atomic E-state index is 12.2. The number of benzene rings is 1. The quantitative estimate of drug-likeness (QED) is 0.597. The van der Waals surface area contributed by atoms with Crippen LogP contribution in [0.4, 0.5) is 5.82 Å². The van der Waals surface area contributed by atoms with Crippen LogP contribution in [0.3, 0.4) is 0 Å².